The van der Waals surface area contributed by atoms with E-state index >= 15 is 0 Å². The highest BCUT2D eigenvalue weighted by Crippen LogP contribution is 2.41. The first-order valence-corrected chi connectivity index (χ1v) is 29.6. The Morgan fingerprint density at radius 1 is 0.506 bits per heavy atom. The van der Waals surface area contributed by atoms with E-state index in [9.17, 15) is 19.2 Å². The number of hydrogen-bond acceptors (Lipinski definition) is 16. The monoisotopic (exact) mass is 1170 g/mol. The van der Waals surface area contributed by atoms with Gasteiger partial charge >= 0.3 is 0 Å². The first kappa shape index (κ1) is 60.1. The zero-order chi connectivity index (χ0) is 60.1. The molecule has 21 heteroatoms. The molecule has 0 bridgehead atoms. The third-order valence-electron chi connectivity index (χ3n) is 17.4. The number of nitrogens with one attached hydrogen (secondary N) is 1. The minimum atomic E-state index is -0.0795. The maximum absolute atomic E-state index is 13.4. The van der Waals surface area contributed by atoms with E-state index in [1.54, 1.807) is 68.4 Å². The van der Waals surface area contributed by atoms with Crippen molar-refractivity contribution in [2.75, 3.05) is 166 Å². The van der Waals surface area contributed by atoms with E-state index < -0.39 is 0 Å². The van der Waals surface area contributed by atoms with E-state index in [0.29, 0.717) is 85.5 Å². The van der Waals surface area contributed by atoms with Crippen LogP contribution >= 0.6 is 11.6 Å². The van der Waals surface area contributed by atoms with E-state index in [-0.39, 0.29) is 23.6 Å². The van der Waals surface area contributed by atoms with Gasteiger partial charge in [0.05, 0.1) is 59.5 Å². The highest BCUT2D eigenvalue weighted by atomic mass is 35.5. The summed E-state index contributed by atoms with van der Waals surface area (Å²) in [6.07, 6.45) is 4.13. The highest BCUT2D eigenvalue weighted by molar-refractivity contribution is 6.29. The number of carbonyl (C=O) groups excluding carboxylic acids is 4. The summed E-state index contributed by atoms with van der Waals surface area (Å²) in [7, 11) is 14.8. The van der Waals surface area contributed by atoms with Crippen LogP contribution in [0.5, 0.6) is 11.5 Å². The molecule has 85 heavy (non-hydrogen) atoms. The first-order chi connectivity index (χ1) is 41.0. The molecule has 6 aliphatic heterocycles. The molecule has 20 nitrogen and oxygen atoms in total. The van der Waals surface area contributed by atoms with Crippen molar-refractivity contribution >= 4 is 86.8 Å². The van der Waals surface area contributed by atoms with Crippen molar-refractivity contribution in [3.05, 3.63) is 137 Å². The van der Waals surface area contributed by atoms with E-state index in [0.717, 1.165) is 121 Å². The predicted molar refractivity (Wildman–Crippen MR) is 338 cm³/mol. The number of pyridine rings is 2. The number of likely N-dealkylation sites (N-methyl/N-ethyl adjacent to an activating group) is 2. The van der Waals surface area contributed by atoms with E-state index in [4.69, 9.17) is 31.8 Å². The fourth-order valence-corrected chi connectivity index (χ4v) is 12.3. The molecule has 4 aromatic carbocycles. The van der Waals surface area contributed by atoms with Crippen LogP contribution in [0.4, 0.5) is 51.6 Å². The van der Waals surface area contributed by atoms with E-state index in [1.165, 1.54) is 0 Å². The molecule has 8 heterocycles. The first-order valence-electron chi connectivity index (χ1n) is 29.2. The number of ether oxygens (including phenoxy) is 2. The second kappa shape index (κ2) is 26.5. The maximum Gasteiger partial charge on any atom is 0.260 e. The lowest BCUT2D eigenvalue weighted by Gasteiger charge is -2.42. The second-order valence-corrected chi connectivity index (χ2v) is 23.0. The van der Waals surface area contributed by atoms with Gasteiger partial charge in [-0.15, -0.1) is 0 Å². The van der Waals surface area contributed by atoms with E-state index in [1.807, 2.05) is 113 Å². The molecule has 3 N–H and O–H groups in total. The molecule has 0 radical (unpaired) electrons. The Bertz CT molecular complexity index is 3390. The van der Waals surface area contributed by atoms with Crippen LogP contribution < -0.4 is 40.1 Å². The molecule has 4 fully saturated rings. The number of aromatic nitrogens is 2. The highest BCUT2D eigenvalue weighted by Gasteiger charge is 2.33. The molecular weight excluding hydrogens is 1100 g/mol. The molecule has 4 amide bonds. The summed E-state index contributed by atoms with van der Waals surface area (Å²) >= 11 is 5.97. The van der Waals surface area contributed by atoms with Crippen molar-refractivity contribution in [2.24, 2.45) is 0 Å². The molecule has 4 saturated heterocycles. The number of fused-ring (bicyclic) bond motifs is 4. The van der Waals surface area contributed by atoms with Crippen molar-refractivity contribution in [2.45, 2.75) is 37.8 Å². The average Bonchev–Trinajstić information content (AvgIpc) is 3.87. The van der Waals surface area contributed by atoms with Gasteiger partial charge < -0.3 is 59.7 Å². The molecule has 0 unspecified atom stereocenters. The Morgan fingerprint density at radius 2 is 0.941 bits per heavy atom. The number of piperidine rings is 2. The number of nitrogen functional groups attached to an aromatic ring is 1. The van der Waals surface area contributed by atoms with Crippen LogP contribution in [0.3, 0.4) is 0 Å². The SMILES string of the molecule is CN1C(=O)c2ccccc2N(C)c2nc(Cl)ccc21.COc1cc(C(=O)N2CCC(N3CCN(C)CC3)CC2)ccc1N.COc1cc(C(=O)N2CCC(N3CCN(C)CC3)CC2)ccc1Nc1ccc2c(n1)N(C)c1ccccc1C(=O)N2C. The molecule has 0 saturated carbocycles. The number of carbonyl (C=O) groups is 4. The summed E-state index contributed by atoms with van der Waals surface area (Å²) in [6.45, 7) is 12.2. The zero-order valence-corrected chi connectivity index (χ0v) is 50.9. The standard InChI is InChI=1S/C32H39N7O3.C18H28N4O2.C14H12ClN3O/c1-35-17-19-38(20-18-35)23-13-15-39(16-14-23)31(40)22-9-10-25(28(21-22)42-4)33-29-12-11-27-30(34-29)36(2)26-8-6-5-7-24(26)32(41)37(27)3;1-20-9-11-21(12-10-20)15-5-7-22(8-6-15)18(23)14-3-4-16(19)17(13-14)24-2;1-17-10-6-4-3-5-9(10)14(19)18(2)11-7-8-12(15)16-13(11)17/h5-12,21,23H,13-20H2,1-4H3,(H,33,34);3-4,13,15H,5-12,19H2,1-2H3;3-8H,1-2H3. The number of para-hydroxylation sites is 2. The summed E-state index contributed by atoms with van der Waals surface area (Å²) in [6, 6.07) is 34.2. The average molecular weight is 1180 g/mol. The number of likely N-dealkylation sites (tertiary alicyclic amines) is 2. The smallest absolute Gasteiger partial charge is 0.260 e. The van der Waals surface area contributed by atoms with Crippen LogP contribution in [0.1, 0.15) is 67.1 Å². The molecule has 2 aromatic heterocycles. The number of halogens is 1. The number of amides is 4. The molecule has 448 valence electrons. The van der Waals surface area contributed by atoms with Gasteiger partial charge in [-0.2, -0.15) is 0 Å². The van der Waals surface area contributed by atoms with Crippen LogP contribution in [0.2, 0.25) is 5.15 Å². The molecular formula is C64H79ClN14O6. The van der Waals surface area contributed by atoms with Gasteiger partial charge in [-0.25, -0.2) is 9.97 Å². The predicted octanol–water partition coefficient (Wildman–Crippen LogP) is 8.27. The number of benzene rings is 4. The number of rotatable bonds is 8. The molecule has 0 aliphatic carbocycles. The summed E-state index contributed by atoms with van der Waals surface area (Å²) in [5.41, 5.74) is 12.7. The van der Waals surface area contributed by atoms with Gasteiger partial charge in [-0.1, -0.05) is 35.9 Å². The van der Waals surface area contributed by atoms with Gasteiger partial charge in [0.15, 0.2) is 11.6 Å². The fraction of sp³-hybridized carbons (Fsp3) is 0.406. The summed E-state index contributed by atoms with van der Waals surface area (Å²) in [5, 5.41) is 3.76. The van der Waals surface area contributed by atoms with Gasteiger partial charge in [0, 0.05) is 130 Å². The quantitative estimate of drug-likeness (QED) is 0.110. The molecule has 6 aliphatic rings. The van der Waals surface area contributed by atoms with Crippen molar-refractivity contribution in [1.29, 1.82) is 0 Å². The molecule has 0 spiro atoms. The molecule has 0 atom stereocenters. The van der Waals surface area contributed by atoms with Crippen molar-refractivity contribution in [3.8, 4) is 11.5 Å². The third-order valence-corrected chi connectivity index (χ3v) is 17.6. The van der Waals surface area contributed by atoms with Crippen LogP contribution in [-0.4, -0.2) is 210 Å². The van der Waals surface area contributed by atoms with Gasteiger partial charge in [-0.05, 0) is 125 Å². The number of piperazine rings is 2. The number of nitrogens with two attached hydrogens (primary N) is 1. The number of anilines is 9. The maximum atomic E-state index is 13.4. The van der Waals surface area contributed by atoms with Crippen LogP contribution in [0, 0.1) is 0 Å². The summed E-state index contributed by atoms with van der Waals surface area (Å²) < 4.78 is 10.9. The molecule has 12 rings (SSSR count). The largest absolute Gasteiger partial charge is 0.495 e. The number of nitrogens with zero attached hydrogens (tertiary/aromatic N) is 12. The Kier molecular flexibility index (Phi) is 18.7. The lowest BCUT2D eigenvalue weighted by Crippen LogP contribution is -2.52. The van der Waals surface area contributed by atoms with Crippen LogP contribution in [-0.2, 0) is 0 Å². The van der Waals surface area contributed by atoms with Crippen LogP contribution in [0.25, 0.3) is 0 Å². The molecule has 6 aromatic rings. The van der Waals surface area contributed by atoms with Crippen molar-refractivity contribution in [3.63, 3.8) is 0 Å². The Hall–Kier alpha value is -8.01. The minimum Gasteiger partial charge on any atom is -0.495 e. The summed E-state index contributed by atoms with van der Waals surface area (Å²) in [5.74, 6) is 3.04. The Labute approximate surface area is 504 Å². The van der Waals surface area contributed by atoms with Crippen molar-refractivity contribution in [1.82, 2.24) is 39.4 Å². The number of hydrogen-bond donors (Lipinski definition) is 2. The topological polar surface area (TPSA) is 183 Å². The Morgan fingerprint density at radius 3 is 1.42 bits per heavy atom. The number of methoxy groups -OCH3 is 2. The van der Waals surface area contributed by atoms with Gasteiger partial charge in [0.2, 0.25) is 0 Å². The minimum absolute atomic E-state index is 0.0350. The lowest BCUT2D eigenvalue weighted by atomic mass is 10.0. The lowest BCUT2D eigenvalue weighted by molar-refractivity contribution is 0.0513. The van der Waals surface area contributed by atoms with Gasteiger partial charge in [0.1, 0.15) is 22.5 Å². The normalized spacial score (nSPS) is 18.1. The fourth-order valence-electron chi connectivity index (χ4n) is 12.2. The van der Waals surface area contributed by atoms with Crippen LogP contribution in [0.15, 0.2) is 109 Å². The van der Waals surface area contributed by atoms with Gasteiger partial charge in [-0.3, -0.25) is 29.0 Å². The van der Waals surface area contributed by atoms with Gasteiger partial charge in [0.25, 0.3) is 23.6 Å². The third kappa shape index (κ3) is 13.1. The zero-order valence-electron chi connectivity index (χ0n) is 50.1. The van der Waals surface area contributed by atoms with Crippen molar-refractivity contribution < 1.29 is 28.7 Å². The van der Waals surface area contributed by atoms with E-state index in [2.05, 4.69) is 44.0 Å². The summed E-state index contributed by atoms with van der Waals surface area (Å²) in [4.78, 5) is 81.8. The Balaban J connectivity index is 0.000000157. The second-order valence-electron chi connectivity index (χ2n) is 22.6.